The number of rotatable bonds is 6. The summed E-state index contributed by atoms with van der Waals surface area (Å²) in [5.41, 5.74) is 0.858. The van der Waals surface area contributed by atoms with Gasteiger partial charge >= 0.3 is 6.03 Å². The molecule has 21 heavy (non-hydrogen) atoms. The van der Waals surface area contributed by atoms with Gasteiger partial charge in [-0.2, -0.15) is 0 Å². The third-order valence-corrected chi connectivity index (χ3v) is 3.81. The van der Waals surface area contributed by atoms with Crippen molar-refractivity contribution < 1.29 is 9.21 Å². The largest absolute Gasteiger partial charge is 0.459 e. The number of furan rings is 1. The van der Waals surface area contributed by atoms with E-state index in [0.29, 0.717) is 0 Å². The van der Waals surface area contributed by atoms with E-state index in [1.807, 2.05) is 37.3 Å². The van der Waals surface area contributed by atoms with Gasteiger partial charge in [0.2, 0.25) is 0 Å². The molecular weight excluding hydrogens is 264 g/mol. The maximum atomic E-state index is 12.1. The Morgan fingerprint density at radius 1 is 1.33 bits per heavy atom. The van der Waals surface area contributed by atoms with E-state index in [2.05, 4.69) is 12.2 Å². The molecule has 2 amide bonds. The maximum absolute atomic E-state index is 12.1. The van der Waals surface area contributed by atoms with Crippen molar-refractivity contribution in [2.24, 2.45) is 0 Å². The van der Waals surface area contributed by atoms with Crippen LogP contribution in [0.4, 0.5) is 4.79 Å². The second kappa shape index (κ2) is 7.16. The second-order valence-electron chi connectivity index (χ2n) is 5.41. The van der Waals surface area contributed by atoms with Crippen LogP contribution in [0.3, 0.4) is 0 Å². The van der Waals surface area contributed by atoms with Crippen molar-refractivity contribution >= 4 is 17.0 Å². The molecule has 0 bridgehead atoms. The van der Waals surface area contributed by atoms with Crippen molar-refractivity contribution in [3.05, 3.63) is 36.1 Å². The van der Waals surface area contributed by atoms with Gasteiger partial charge in [-0.15, -0.1) is 0 Å². The van der Waals surface area contributed by atoms with Crippen LogP contribution in [0.15, 0.2) is 34.7 Å². The van der Waals surface area contributed by atoms with Crippen molar-refractivity contribution in [2.45, 2.75) is 39.2 Å². The van der Waals surface area contributed by atoms with Gasteiger partial charge in [-0.05, 0) is 25.5 Å². The molecule has 1 N–H and O–H groups in total. The highest BCUT2D eigenvalue weighted by Gasteiger charge is 2.20. The van der Waals surface area contributed by atoms with Crippen LogP contribution in [0.25, 0.3) is 11.0 Å². The fourth-order valence-electron chi connectivity index (χ4n) is 2.27. The Morgan fingerprint density at radius 3 is 2.81 bits per heavy atom. The molecule has 2 aromatic rings. The molecule has 1 aromatic carbocycles. The highest BCUT2D eigenvalue weighted by atomic mass is 16.3. The minimum absolute atomic E-state index is 0.0564. The molecule has 0 spiro atoms. The molecule has 1 unspecified atom stereocenters. The third kappa shape index (κ3) is 3.78. The van der Waals surface area contributed by atoms with E-state index in [1.165, 1.54) is 0 Å². The van der Waals surface area contributed by atoms with Crippen LogP contribution >= 0.6 is 0 Å². The summed E-state index contributed by atoms with van der Waals surface area (Å²) in [5, 5.41) is 4.01. The number of fused-ring (bicyclic) bond motifs is 1. The van der Waals surface area contributed by atoms with E-state index in [4.69, 9.17) is 4.42 Å². The normalized spacial score (nSPS) is 12.3. The Morgan fingerprint density at radius 2 is 2.10 bits per heavy atom. The molecule has 0 fully saturated rings. The number of benzene rings is 1. The summed E-state index contributed by atoms with van der Waals surface area (Å²) >= 11 is 0. The number of urea groups is 1. The lowest BCUT2D eigenvalue weighted by molar-refractivity contribution is 0.188. The Bertz CT molecular complexity index is 558. The zero-order chi connectivity index (χ0) is 15.2. The molecule has 1 atom stereocenters. The number of hydrogen-bond acceptors (Lipinski definition) is 2. The molecule has 0 saturated heterocycles. The zero-order valence-corrected chi connectivity index (χ0v) is 13.1. The predicted molar refractivity (Wildman–Crippen MR) is 85.3 cm³/mol. The number of nitrogens with one attached hydrogen (secondary N) is 1. The second-order valence-corrected chi connectivity index (χ2v) is 5.41. The molecule has 1 aromatic heterocycles. The van der Waals surface area contributed by atoms with Crippen LogP contribution in [-0.4, -0.2) is 24.5 Å². The van der Waals surface area contributed by atoms with Crippen molar-refractivity contribution in [1.82, 2.24) is 10.2 Å². The van der Waals surface area contributed by atoms with Gasteiger partial charge in [0.25, 0.3) is 0 Å². The number of unbranched alkanes of at least 4 members (excludes halogenated alkanes) is 2. The molecule has 4 nitrogen and oxygen atoms in total. The van der Waals surface area contributed by atoms with E-state index in [9.17, 15) is 4.79 Å². The summed E-state index contributed by atoms with van der Waals surface area (Å²) in [7, 11) is 1.80. The van der Waals surface area contributed by atoms with Crippen LogP contribution in [0.1, 0.15) is 44.9 Å². The summed E-state index contributed by atoms with van der Waals surface area (Å²) in [6, 6.07) is 9.74. The average molecular weight is 288 g/mol. The first kappa shape index (κ1) is 15.4. The number of hydrogen-bond donors (Lipinski definition) is 1. The summed E-state index contributed by atoms with van der Waals surface area (Å²) in [5.74, 6) is 0.808. The molecule has 0 saturated carbocycles. The lowest BCUT2D eigenvalue weighted by atomic mass is 10.2. The summed E-state index contributed by atoms with van der Waals surface area (Å²) in [6.07, 6.45) is 3.32. The Hall–Kier alpha value is -1.97. The zero-order valence-electron chi connectivity index (χ0n) is 13.1. The number of amides is 2. The first-order valence-corrected chi connectivity index (χ1v) is 7.62. The SMILES string of the molecule is CCCCCNC(=O)N(C)C(C)c1cc2ccccc2o1. The van der Waals surface area contributed by atoms with Gasteiger partial charge in [0.1, 0.15) is 11.3 Å². The quantitative estimate of drug-likeness (QED) is 0.804. The fourth-order valence-corrected chi connectivity index (χ4v) is 2.27. The Labute approximate surface area is 126 Å². The van der Waals surface area contributed by atoms with E-state index >= 15 is 0 Å². The van der Waals surface area contributed by atoms with Gasteiger partial charge in [-0.1, -0.05) is 38.0 Å². The van der Waals surface area contributed by atoms with E-state index < -0.39 is 0 Å². The van der Waals surface area contributed by atoms with Gasteiger partial charge < -0.3 is 14.6 Å². The number of carbonyl (C=O) groups is 1. The molecule has 114 valence electrons. The van der Waals surface area contributed by atoms with Crippen molar-refractivity contribution in [3.63, 3.8) is 0 Å². The van der Waals surface area contributed by atoms with Crippen LogP contribution < -0.4 is 5.32 Å². The summed E-state index contributed by atoms with van der Waals surface area (Å²) < 4.78 is 5.82. The number of nitrogens with zero attached hydrogens (tertiary/aromatic N) is 1. The summed E-state index contributed by atoms with van der Waals surface area (Å²) in [4.78, 5) is 13.8. The molecule has 2 rings (SSSR count). The van der Waals surface area contributed by atoms with E-state index in [1.54, 1.807) is 11.9 Å². The lowest BCUT2D eigenvalue weighted by Gasteiger charge is -2.23. The molecule has 1 heterocycles. The first-order chi connectivity index (χ1) is 10.1. The molecule has 0 aliphatic carbocycles. The average Bonchev–Trinajstić information content (AvgIpc) is 2.93. The third-order valence-electron chi connectivity index (χ3n) is 3.81. The topological polar surface area (TPSA) is 45.5 Å². The van der Waals surface area contributed by atoms with Crippen molar-refractivity contribution in [2.75, 3.05) is 13.6 Å². The van der Waals surface area contributed by atoms with Crippen LogP contribution in [0.5, 0.6) is 0 Å². The standard InChI is InChI=1S/C17H24N2O2/c1-4-5-8-11-18-17(20)19(3)13(2)16-12-14-9-6-7-10-15(14)21-16/h6-7,9-10,12-13H,4-5,8,11H2,1-3H3,(H,18,20). The number of para-hydroxylation sites is 1. The minimum Gasteiger partial charge on any atom is -0.459 e. The van der Waals surface area contributed by atoms with E-state index in [-0.39, 0.29) is 12.1 Å². The van der Waals surface area contributed by atoms with Crippen molar-refractivity contribution in [1.29, 1.82) is 0 Å². The Balaban J connectivity index is 1.97. The minimum atomic E-state index is -0.0939. The van der Waals surface area contributed by atoms with Crippen LogP contribution in [-0.2, 0) is 0 Å². The maximum Gasteiger partial charge on any atom is 0.317 e. The monoisotopic (exact) mass is 288 g/mol. The highest BCUT2D eigenvalue weighted by Crippen LogP contribution is 2.26. The van der Waals surface area contributed by atoms with Crippen LogP contribution in [0, 0.1) is 0 Å². The van der Waals surface area contributed by atoms with Gasteiger partial charge in [-0.3, -0.25) is 0 Å². The highest BCUT2D eigenvalue weighted by molar-refractivity contribution is 5.78. The molecule has 0 radical (unpaired) electrons. The van der Waals surface area contributed by atoms with Crippen LogP contribution in [0.2, 0.25) is 0 Å². The predicted octanol–water partition coefficient (Wildman–Crippen LogP) is 4.33. The Kier molecular flexibility index (Phi) is 5.26. The smallest absolute Gasteiger partial charge is 0.317 e. The molecule has 0 aliphatic rings. The lowest BCUT2D eigenvalue weighted by Crippen LogP contribution is -2.39. The van der Waals surface area contributed by atoms with Gasteiger partial charge in [0, 0.05) is 19.0 Å². The molecule has 4 heteroatoms. The first-order valence-electron chi connectivity index (χ1n) is 7.62. The van der Waals surface area contributed by atoms with Gasteiger partial charge in [0.05, 0.1) is 6.04 Å². The summed E-state index contributed by atoms with van der Waals surface area (Å²) in [6.45, 7) is 4.85. The molecule has 0 aliphatic heterocycles. The number of carbonyl (C=O) groups excluding carboxylic acids is 1. The fraction of sp³-hybridized carbons (Fsp3) is 0.471. The van der Waals surface area contributed by atoms with Gasteiger partial charge in [-0.25, -0.2) is 4.79 Å². The van der Waals surface area contributed by atoms with Crippen molar-refractivity contribution in [3.8, 4) is 0 Å². The molecular formula is C17H24N2O2. The van der Waals surface area contributed by atoms with Gasteiger partial charge in [0.15, 0.2) is 0 Å². The van der Waals surface area contributed by atoms with E-state index in [0.717, 1.165) is 42.5 Å².